The Kier molecular flexibility index (Phi) is 5.17. The Morgan fingerprint density at radius 3 is 2.59 bits per heavy atom. The highest BCUT2D eigenvalue weighted by atomic mass is 79.9. The van der Waals surface area contributed by atoms with Gasteiger partial charge in [-0.05, 0) is 38.5 Å². The molecule has 1 aromatic carbocycles. The molecule has 0 saturated carbocycles. The van der Waals surface area contributed by atoms with Gasteiger partial charge in [0, 0.05) is 28.6 Å². The van der Waals surface area contributed by atoms with Crippen LogP contribution in [0.3, 0.4) is 0 Å². The number of hydrogen-bond donors (Lipinski definition) is 0. The maximum atomic E-state index is 12.0. The number of ether oxygens (including phenoxy) is 1. The summed E-state index contributed by atoms with van der Waals surface area (Å²) in [6.07, 6.45) is 1.14. The maximum Gasteiger partial charge on any atom is 0.163 e. The van der Waals surface area contributed by atoms with Gasteiger partial charge in [-0.2, -0.15) is 0 Å². The third-order valence-corrected chi connectivity index (χ3v) is 3.37. The normalized spacial score (nSPS) is 11.6. The topological polar surface area (TPSA) is 26.3 Å². The molecule has 0 fully saturated rings. The van der Waals surface area contributed by atoms with Crippen molar-refractivity contribution in [3.63, 3.8) is 0 Å². The minimum atomic E-state index is -0.272. The fraction of sp³-hybridized carbons (Fsp3) is 0.462. The first-order chi connectivity index (χ1) is 7.84. The van der Waals surface area contributed by atoms with Crippen molar-refractivity contribution < 1.29 is 9.53 Å². The van der Waals surface area contributed by atoms with E-state index in [0.29, 0.717) is 23.4 Å². The summed E-state index contributed by atoms with van der Waals surface area (Å²) in [5.41, 5.74) is 0.363. The highest BCUT2D eigenvalue weighted by Gasteiger charge is 2.18. The second-order valence-electron chi connectivity index (χ2n) is 4.55. The molecule has 0 N–H and O–H groups in total. The summed E-state index contributed by atoms with van der Waals surface area (Å²) in [5.74, 6) is 0.0818. The molecule has 0 aliphatic rings. The van der Waals surface area contributed by atoms with Crippen LogP contribution in [0, 0.1) is 0 Å². The van der Waals surface area contributed by atoms with Crippen LogP contribution in [-0.4, -0.2) is 18.5 Å². The Morgan fingerprint density at radius 1 is 1.41 bits per heavy atom. The fourth-order valence-corrected chi connectivity index (χ4v) is 2.24. The van der Waals surface area contributed by atoms with Crippen molar-refractivity contribution >= 4 is 33.3 Å². The average molecular weight is 320 g/mol. The second kappa shape index (κ2) is 5.98. The van der Waals surface area contributed by atoms with Crippen LogP contribution < -0.4 is 0 Å². The zero-order valence-electron chi connectivity index (χ0n) is 10.2. The lowest BCUT2D eigenvalue weighted by atomic mass is 9.98. The molecule has 94 valence electrons. The molecule has 2 nitrogen and oxygen atoms in total. The van der Waals surface area contributed by atoms with Crippen LogP contribution in [0.2, 0.25) is 5.02 Å². The van der Waals surface area contributed by atoms with E-state index in [2.05, 4.69) is 15.9 Å². The molecule has 1 aromatic rings. The standard InChI is InChI=1S/C13H16BrClO2/c1-13(2,17-3)5-4-12(16)9-6-10(14)8-11(15)7-9/h6-8H,4-5H2,1-3H3. The molecule has 0 radical (unpaired) electrons. The number of carbonyl (C=O) groups is 1. The lowest BCUT2D eigenvalue weighted by Gasteiger charge is -2.22. The summed E-state index contributed by atoms with van der Waals surface area (Å²) in [7, 11) is 1.65. The van der Waals surface area contributed by atoms with E-state index < -0.39 is 0 Å². The molecule has 0 saturated heterocycles. The SMILES string of the molecule is COC(C)(C)CCC(=O)c1cc(Cl)cc(Br)c1. The summed E-state index contributed by atoms with van der Waals surface area (Å²) >= 11 is 9.23. The van der Waals surface area contributed by atoms with Gasteiger partial charge in [-0.1, -0.05) is 27.5 Å². The zero-order valence-corrected chi connectivity index (χ0v) is 12.6. The first kappa shape index (κ1) is 14.7. The van der Waals surface area contributed by atoms with Crippen LogP contribution in [0.5, 0.6) is 0 Å². The summed E-state index contributed by atoms with van der Waals surface area (Å²) in [4.78, 5) is 12.0. The molecule has 0 aromatic heterocycles. The predicted molar refractivity (Wildman–Crippen MR) is 73.8 cm³/mol. The molecule has 0 bridgehead atoms. The number of benzene rings is 1. The van der Waals surface area contributed by atoms with Gasteiger partial charge in [0.15, 0.2) is 5.78 Å². The molecular formula is C13H16BrClO2. The maximum absolute atomic E-state index is 12.0. The van der Waals surface area contributed by atoms with Gasteiger partial charge in [0.2, 0.25) is 0 Å². The summed E-state index contributed by atoms with van der Waals surface area (Å²) in [5, 5.41) is 0.564. The molecule has 0 amide bonds. The van der Waals surface area contributed by atoms with Gasteiger partial charge in [0.1, 0.15) is 0 Å². The van der Waals surface area contributed by atoms with E-state index in [-0.39, 0.29) is 11.4 Å². The molecule has 0 aliphatic heterocycles. The number of hydrogen-bond acceptors (Lipinski definition) is 2. The van der Waals surface area contributed by atoms with Gasteiger partial charge in [0.05, 0.1) is 5.60 Å². The molecule has 0 aliphatic carbocycles. The Balaban J connectivity index is 2.70. The smallest absolute Gasteiger partial charge is 0.163 e. The fourth-order valence-electron chi connectivity index (χ4n) is 1.38. The second-order valence-corrected chi connectivity index (χ2v) is 5.90. The third-order valence-electron chi connectivity index (χ3n) is 2.69. The van der Waals surface area contributed by atoms with E-state index in [4.69, 9.17) is 16.3 Å². The van der Waals surface area contributed by atoms with E-state index >= 15 is 0 Å². The number of Topliss-reactive ketones (excluding diaryl/α,β-unsaturated/α-hetero) is 1. The summed E-state index contributed by atoms with van der Waals surface area (Å²) < 4.78 is 6.10. The van der Waals surface area contributed by atoms with E-state index in [1.807, 2.05) is 13.8 Å². The molecule has 4 heteroatoms. The number of rotatable bonds is 5. The van der Waals surface area contributed by atoms with Gasteiger partial charge >= 0.3 is 0 Å². The highest BCUT2D eigenvalue weighted by Crippen LogP contribution is 2.22. The van der Waals surface area contributed by atoms with Gasteiger partial charge in [-0.25, -0.2) is 0 Å². The van der Waals surface area contributed by atoms with Crippen LogP contribution in [0.15, 0.2) is 22.7 Å². The van der Waals surface area contributed by atoms with Gasteiger partial charge < -0.3 is 4.74 Å². The molecule has 17 heavy (non-hydrogen) atoms. The number of halogens is 2. The minimum Gasteiger partial charge on any atom is -0.379 e. The zero-order chi connectivity index (χ0) is 13.1. The molecule has 1 rings (SSSR count). The first-order valence-corrected chi connectivity index (χ1v) is 6.55. The summed E-state index contributed by atoms with van der Waals surface area (Å²) in [6.45, 7) is 3.93. The third kappa shape index (κ3) is 4.78. The van der Waals surface area contributed by atoms with Crippen molar-refractivity contribution in [1.29, 1.82) is 0 Å². The van der Waals surface area contributed by atoms with Crippen LogP contribution in [0.25, 0.3) is 0 Å². The van der Waals surface area contributed by atoms with E-state index in [0.717, 1.165) is 4.47 Å². The largest absolute Gasteiger partial charge is 0.379 e. The number of methoxy groups -OCH3 is 1. The number of ketones is 1. The predicted octanol–water partition coefficient (Wildman–Crippen LogP) is 4.49. The number of carbonyl (C=O) groups excluding carboxylic acids is 1. The average Bonchev–Trinajstić information content (AvgIpc) is 2.24. The molecule has 0 unspecified atom stereocenters. The molecule has 0 heterocycles. The highest BCUT2D eigenvalue weighted by molar-refractivity contribution is 9.10. The van der Waals surface area contributed by atoms with Crippen molar-refractivity contribution in [3.05, 3.63) is 33.3 Å². The van der Waals surface area contributed by atoms with Gasteiger partial charge in [-0.15, -0.1) is 0 Å². The Hall–Kier alpha value is -0.380. The lowest BCUT2D eigenvalue weighted by molar-refractivity contribution is 0.0141. The van der Waals surface area contributed by atoms with Crippen LogP contribution >= 0.6 is 27.5 Å². The van der Waals surface area contributed by atoms with Crippen molar-refractivity contribution in [2.75, 3.05) is 7.11 Å². The van der Waals surface area contributed by atoms with Crippen molar-refractivity contribution in [2.24, 2.45) is 0 Å². The van der Waals surface area contributed by atoms with Crippen molar-refractivity contribution in [2.45, 2.75) is 32.3 Å². The van der Waals surface area contributed by atoms with Crippen LogP contribution in [0.4, 0.5) is 0 Å². The van der Waals surface area contributed by atoms with E-state index in [1.54, 1.807) is 25.3 Å². The quantitative estimate of drug-likeness (QED) is 0.747. The molecular weight excluding hydrogens is 303 g/mol. The van der Waals surface area contributed by atoms with Gasteiger partial charge in [-0.3, -0.25) is 4.79 Å². The lowest BCUT2D eigenvalue weighted by Crippen LogP contribution is -2.23. The van der Waals surface area contributed by atoms with E-state index in [9.17, 15) is 4.79 Å². The van der Waals surface area contributed by atoms with E-state index in [1.165, 1.54) is 0 Å². The van der Waals surface area contributed by atoms with Crippen LogP contribution in [-0.2, 0) is 4.74 Å². The van der Waals surface area contributed by atoms with Crippen molar-refractivity contribution in [3.8, 4) is 0 Å². The monoisotopic (exact) mass is 318 g/mol. The van der Waals surface area contributed by atoms with Crippen molar-refractivity contribution in [1.82, 2.24) is 0 Å². The Bertz CT molecular complexity index is 396. The summed E-state index contributed by atoms with van der Waals surface area (Å²) in [6, 6.07) is 5.24. The Labute approximate surface area is 115 Å². The Morgan fingerprint density at radius 2 is 2.06 bits per heavy atom. The minimum absolute atomic E-state index is 0.0818. The van der Waals surface area contributed by atoms with Gasteiger partial charge in [0.25, 0.3) is 0 Å². The first-order valence-electron chi connectivity index (χ1n) is 5.38. The van der Waals surface area contributed by atoms with Crippen LogP contribution in [0.1, 0.15) is 37.0 Å². The molecule has 0 spiro atoms. The molecule has 0 atom stereocenters.